The van der Waals surface area contributed by atoms with Crippen LogP contribution in [0.15, 0.2) is 46.0 Å². The van der Waals surface area contributed by atoms with Crippen LogP contribution in [-0.4, -0.2) is 41.8 Å². The zero-order chi connectivity index (χ0) is 16.7. The second-order valence-corrected chi connectivity index (χ2v) is 8.11. The first kappa shape index (κ1) is 17.7. The first-order valence-electron chi connectivity index (χ1n) is 7.19. The maximum Gasteiger partial charge on any atom is 0.412 e. The number of thioether (sulfide) groups is 1. The summed E-state index contributed by atoms with van der Waals surface area (Å²) < 4.78 is 5.13. The SMILES string of the molecule is C[S+](CCOC(=O)C(=C1NCCCS1)[N+](=O)[O-])c1ccccc1. The number of nitro groups is 1. The van der Waals surface area contributed by atoms with Crippen molar-refractivity contribution in [3.63, 3.8) is 0 Å². The molecule has 1 aromatic carbocycles. The maximum atomic E-state index is 12.0. The van der Waals surface area contributed by atoms with Crippen LogP contribution in [0.4, 0.5) is 0 Å². The minimum atomic E-state index is -0.864. The minimum Gasteiger partial charge on any atom is -0.452 e. The number of rotatable bonds is 6. The van der Waals surface area contributed by atoms with Crippen LogP contribution in [0.25, 0.3) is 0 Å². The Balaban J connectivity index is 1.91. The molecule has 0 aliphatic carbocycles. The van der Waals surface area contributed by atoms with Gasteiger partial charge in [0.25, 0.3) is 0 Å². The van der Waals surface area contributed by atoms with Crippen molar-refractivity contribution in [1.29, 1.82) is 0 Å². The molecule has 1 aromatic rings. The summed E-state index contributed by atoms with van der Waals surface area (Å²) in [4.78, 5) is 23.7. The highest BCUT2D eigenvalue weighted by Crippen LogP contribution is 2.23. The lowest BCUT2D eigenvalue weighted by atomic mass is 10.4. The average Bonchev–Trinajstić information content (AvgIpc) is 2.56. The van der Waals surface area contributed by atoms with Crippen LogP contribution in [-0.2, 0) is 20.4 Å². The molecule has 1 N–H and O–H groups in total. The molecule has 1 atom stereocenters. The smallest absolute Gasteiger partial charge is 0.412 e. The first-order valence-corrected chi connectivity index (χ1v) is 9.98. The Hall–Kier alpha value is -1.67. The number of carbonyl (C=O) groups excluding carboxylic acids is 1. The molecular weight excluding hydrogens is 336 g/mol. The summed E-state index contributed by atoms with van der Waals surface area (Å²) in [7, 11) is -0.0624. The molecule has 2 rings (SSSR count). The predicted molar refractivity (Wildman–Crippen MR) is 92.9 cm³/mol. The minimum absolute atomic E-state index is 0.0624. The Morgan fingerprint density at radius 2 is 2.17 bits per heavy atom. The van der Waals surface area contributed by atoms with Gasteiger partial charge in [-0.05, 0) is 18.6 Å². The van der Waals surface area contributed by atoms with E-state index in [-0.39, 0.29) is 17.5 Å². The van der Waals surface area contributed by atoms with Gasteiger partial charge in [0.1, 0.15) is 18.6 Å². The van der Waals surface area contributed by atoms with Gasteiger partial charge < -0.3 is 10.1 Å². The van der Waals surface area contributed by atoms with Crippen molar-refractivity contribution >= 4 is 28.6 Å². The molecule has 1 unspecified atom stereocenters. The molecule has 0 bridgehead atoms. The van der Waals surface area contributed by atoms with Gasteiger partial charge in [0.15, 0.2) is 9.92 Å². The number of esters is 1. The van der Waals surface area contributed by atoms with E-state index >= 15 is 0 Å². The lowest BCUT2D eigenvalue weighted by molar-refractivity contribution is -0.422. The fourth-order valence-corrected chi connectivity index (χ4v) is 4.18. The van der Waals surface area contributed by atoms with Crippen LogP contribution >= 0.6 is 11.8 Å². The van der Waals surface area contributed by atoms with Crippen LogP contribution in [0.5, 0.6) is 0 Å². The van der Waals surface area contributed by atoms with Crippen LogP contribution in [0.3, 0.4) is 0 Å². The van der Waals surface area contributed by atoms with Gasteiger partial charge >= 0.3 is 11.7 Å². The van der Waals surface area contributed by atoms with Gasteiger partial charge in [-0.15, -0.1) is 11.8 Å². The third-order valence-corrected chi connectivity index (χ3v) is 6.19. The zero-order valence-electron chi connectivity index (χ0n) is 12.8. The first-order chi connectivity index (χ1) is 11.1. The maximum absolute atomic E-state index is 12.0. The molecule has 8 heteroatoms. The Morgan fingerprint density at radius 3 is 2.78 bits per heavy atom. The van der Waals surface area contributed by atoms with Crippen molar-refractivity contribution in [3.05, 3.63) is 51.2 Å². The molecule has 0 radical (unpaired) electrons. The summed E-state index contributed by atoms with van der Waals surface area (Å²) in [5, 5.41) is 14.4. The van der Waals surface area contributed by atoms with E-state index in [1.807, 2.05) is 30.3 Å². The monoisotopic (exact) mass is 355 g/mol. The van der Waals surface area contributed by atoms with Crippen LogP contribution in [0.1, 0.15) is 6.42 Å². The van der Waals surface area contributed by atoms with Gasteiger partial charge in [-0.2, -0.15) is 0 Å². The van der Waals surface area contributed by atoms with Crippen LogP contribution < -0.4 is 5.32 Å². The number of nitrogens with zero attached hydrogens (tertiary/aromatic N) is 1. The quantitative estimate of drug-likeness (QED) is 0.276. The van der Waals surface area contributed by atoms with E-state index in [0.717, 1.165) is 12.2 Å². The summed E-state index contributed by atoms with van der Waals surface area (Å²) in [6.07, 6.45) is 2.98. The number of nitrogens with one attached hydrogen (secondary N) is 1. The Morgan fingerprint density at radius 1 is 1.43 bits per heavy atom. The van der Waals surface area contributed by atoms with Gasteiger partial charge in [0, 0.05) is 23.2 Å². The summed E-state index contributed by atoms with van der Waals surface area (Å²) in [6, 6.07) is 9.93. The Bertz CT molecular complexity index is 584. The van der Waals surface area contributed by atoms with Gasteiger partial charge in [-0.25, -0.2) is 4.79 Å². The summed E-state index contributed by atoms with van der Waals surface area (Å²) in [5.74, 6) is 0.549. The normalized spacial score (nSPS) is 17.8. The van der Waals surface area contributed by atoms with E-state index in [9.17, 15) is 14.9 Å². The van der Waals surface area contributed by atoms with E-state index in [1.165, 1.54) is 16.7 Å². The lowest BCUT2D eigenvalue weighted by Gasteiger charge is -2.15. The second-order valence-electron chi connectivity index (χ2n) is 4.85. The Kier molecular flexibility index (Phi) is 6.79. The van der Waals surface area contributed by atoms with Crippen molar-refractivity contribution in [3.8, 4) is 0 Å². The fraction of sp³-hybridized carbons (Fsp3) is 0.400. The van der Waals surface area contributed by atoms with Crippen molar-refractivity contribution in [1.82, 2.24) is 5.32 Å². The summed E-state index contributed by atoms with van der Waals surface area (Å²) >= 11 is 1.29. The topological polar surface area (TPSA) is 81.5 Å². The molecule has 1 saturated heterocycles. The number of carbonyl (C=O) groups is 1. The number of hydrogen-bond acceptors (Lipinski definition) is 6. The highest BCUT2D eigenvalue weighted by Gasteiger charge is 2.31. The average molecular weight is 355 g/mol. The van der Waals surface area contributed by atoms with E-state index in [2.05, 4.69) is 11.6 Å². The number of ether oxygens (including phenoxy) is 1. The van der Waals surface area contributed by atoms with Crippen molar-refractivity contribution in [2.75, 3.05) is 30.9 Å². The van der Waals surface area contributed by atoms with E-state index in [4.69, 9.17) is 4.74 Å². The summed E-state index contributed by atoms with van der Waals surface area (Å²) in [6.45, 7) is 0.808. The third-order valence-electron chi connectivity index (χ3n) is 3.21. The molecule has 6 nitrogen and oxygen atoms in total. The molecule has 1 fully saturated rings. The molecule has 23 heavy (non-hydrogen) atoms. The standard InChI is InChI=1S/C15H18N2O4S2/c1-23(12-6-3-2-4-7-12)11-9-21-15(18)13(17(19)20)14-16-8-5-10-22-14/h2-4,6-7H,5,8-11H2,1H3/p+1. The molecule has 1 aliphatic heterocycles. The van der Waals surface area contributed by atoms with E-state index < -0.39 is 16.6 Å². The van der Waals surface area contributed by atoms with E-state index in [0.29, 0.717) is 17.3 Å². The van der Waals surface area contributed by atoms with Gasteiger partial charge in [0.05, 0.1) is 4.92 Å². The molecule has 0 amide bonds. The fourth-order valence-electron chi connectivity index (χ4n) is 2.00. The molecule has 124 valence electrons. The predicted octanol–water partition coefficient (Wildman–Crippen LogP) is 2.01. The zero-order valence-corrected chi connectivity index (χ0v) is 14.5. The number of hydrogen-bond donors (Lipinski definition) is 1. The van der Waals surface area contributed by atoms with Crippen molar-refractivity contribution in [2.45, 2.75) is 11.3 Å². The summed E-state index contributed by atoms with van der Waals surface area (Å²) in [5.41, 5.74) is -0.481. The molecule has 1 aliphatic rings. The van der Waals surface area contributed by atoms with E-state index in [1.54, 1.807) is 0 Å². The van der Waals surface area contributed by atoms with Gasteiger partial charge in [0.2, 0.25) is 0 Å². The molecule has 0 spiro atoms. The van der Waals surface area contributed by atoms with Crippen LogP contribution in [0.2, 0.25) is 0 Å². The second kappa shape index (κ2) is 8.83. The largest absolute Gasteiger partial charge is 0.452 e. The molecule has 1 heterocycles. The number of benzene rings is 1. The Labute approximate surface area is 142 Å². The molecular formula is C15H19N2O4S2+. The highest BCUT2D eigenvalue weighted by atomic mass is 32.2. The van der Waals surface area contributed by atoms with Gasteiger partial charge in [-0.1, -0.05) is 18.2 Å². The highest BCUT2D eigenvalue weighted by molar-refractivity contribution is 8.03. The van der Waals surface area contributed by atoms with Gasteiger partial charge in [-0.3, -0.25) is 10.1 Å². The van der Waals surface area contributed by atoms with Crippen molar-refractivity contribution < 1.29 is 14.5 Å². The third kappa shape index (κ3) is 5.18. The van der Waals surface area contributed by atoms with Crippen LogP contribution in [0, 0.1) is 10.1 Å². The van der Waals surface area contributed by atoms with Crippen molar-refractivity contribution in [2.24, 2.45) is 0 Å². The molecule has 0 aromatic heterocycles. The molecule has 0 saturated carbocycles. The lowest BCUT2D eigenvalue weighted by Crippen LogP contribution is -2.27.